The first-order chi connectivity index (χ1) is 12.2. The second-order valence-electron chi connectivity index (χ2n) is 9.81. The second kappa shape index (κ2) is 5.80. The monoisotopic (exact) mass is 354 g/mol. The lowest BCUT2D eigenvalue weighted by atomic mass is 9.45. The molecule has 5 rings (SSSR count). The highest BCUT2D eigenvalue weighted by atomic mass is 16.1. The molecule has 0 aromatic carbocycles. The minimum atomic E-state index is -0.146. The van der Waals surface area contributed by atoms with Crippen molar-refractivity contribution in [3.63, 3.8) is 0 Å². The summed E-state index contributed by atoms with van der Waals surface area (Å²) in [6.45, 7) is 11.1. The highest BCUT2D eigenvalue weighted by molar-refractivity contribution is 5.92. The van der Waals surface area contributed by atoms with Gasteiger partial charge >= 0.3 is 0 Å². The Labute approximate surface area is 155 Å². The summed E-state index contributed by atoms with van der Waals surface area (Å²) in [6, 6.07) is 1.86. The Morgan fingerprint density at radius 2 is 2.12 bits per heavy atom. The van der Waals surface area contributed by atoms with Gasteiger partial charge in [-0.05, 0) is 53.9 Å². The van der Waals surface area contributed by atoms with Crippen LogP contribution in [0, 0.1) is 23.2 Å². The molecule has 2 bridgehead atoms. The van der Waals surface area contributed by atoms with Crippen molar-refractivity contribution in [2.75, 3.05) is 5.32 Å². The normalized spacial score (nSPS) is 27.2. The van der Waals surface area contributed by atoms with Gasteiger partial charge in [0.05, 0.1) is 0 Å². The average molecular weight is 354 g/mol. The molecule has 0 spiro atoms. The molecule has 2 aromatic rings. The predicted molar refractivity (Wildman–Crippen MR) is 103 cm³/mol. The molecule has 3 saturated carbocycles. The molecule has 3 atom stereocenters. The van der Waals surface area contributed by atoms with E-state index >= 15 is 0 Å². The van der Waals surface area contributed by atoms with Crippen LogP contribution in [0.4, 0.5) is 5.82 Å². The molecule has 26 heavy (non-hydrogen) atoms. The predicted octanol–water partition coefficient (Wildman–Crippen LogP) is 4.43. The third kappa shape index (κ3) is 2.72. The number of carbonyl (C=O) groups excluding carboxylic acids is 1. The lowest BCUT2D eigenvalue weighted by molar-refractivity contribution is -0.128. The molecule has 2 aromatic heterocycles. The Morgan fingerprint density at radius 1 is 1.35 bits per heavy atom. The van der Waals surface area contributed by atoms with Crippen molar-refractivity contribution in [2.45, 2.75) is 65.7 Å². The second-order valence-corrected chi connectivity index (χ2v) is 9.81. The fourth-order valence-electron chi connectivity index (χ4n) is 5.29. The minimum absolute atomic E-state index is 0.0880. The molecule has 5 heteroatoms. The molecule has 1 amide bonds. The average Bonchev–Trinajstić information content (AvgIpc) is 2.92. The summed E-state index contributed by atoms with van der Waals surface area (Å²) in [4.78, 5) is 17.3. The minimum Gasteiger partial charge on any atom is -0.309 e. The number of anilines is 1. The molecular weight excluding hydrogens is 324 g/mol. The van der Waals surface area contributed by atoms with E-state index in [1.807, 2.05) is 12.3 Å². The zero-order chi connectivity index (χ0) is 18.7. The summed E-state index contributed by atoms with van der Waals surface area (Å²) < 4.78 is 1.76. The number of fused-ring (bicyclic) bond motifs is 3. The molecule has 1 N–H and O–H groups in total. The summed E-state index contributed by atoms with van der Waals surface area (Å²) in [5.41, 5.74) is 2.08. The Kier molecular flexibility index (Phi) is 3.90. The van der Waals surface area contributed by atoms with Gasteiger partial charge < -0.3 is 5.32 Å². The smallest absolute Gasteiger partial charge is 0.225 e. The van der Waals surface area contributed by atoms with E-state index in [4.69, 9.17) is 0 Å². The van der Waals surface area contributed by atoms with Crippen LogP contribution >= 0.6 is 0 Å². The molecule has 140 valence electrons. The van der Waals surface area contributed by atoms with Crippen LogP contribution in [-0.2, 0) is 10.2 Å². The van der Waals surface area contributed by atoms with Crippen LogP contribution in [-0.4, -0.2) is 20.5 Å². The first-order valence-corrected chi connectivity index (χ1v) is 9.81. The molecule has 3 fully saturated rings. The Balaban J connectivity index is 1.55. The largest absolute Gasteiger partial charge is 0.309 e. The fraction of sp³-hybridized carbons (Fsp3) is 0.667. The van der Waals surface area contributed by atoms with Crippen LogP contribution in [0.3, 0.4) is 0 Å². The molecule has 0 saturated heterocycles. The highest BCUT2D eigenvalue weighted by Gasteiger charge is 2.54. The van der Waals surface area contributed by atoms with Crippen molar-refractivity contribution in [3.8, 4) is 0 Å². The van der Waals surface area contributed by atoms with E-state index < -0.39 is 0 Å². The van der Waals surface area contributed by atoms with E-state index in [0.717, 1.165) is 17.1 Å². The van der Waals surface area contributed by atoms with Crippen LogP contribution < -0.4 is 5.32 Å². The van der Waals surface area contributed by atoms with Gasteiger partial charge in [0.2, 0.25) is 5.91 Å². The molecule has 3 aliphatic carbocycles. The quantitative estimate of drug-likeness (QED) is 0.887. The number of nitrogens with one attached hydrogen (secondary N) is 1. The van der Waals surface area contributed by atoms with Crippen molar-refractivity contribution in [1.29, 1.82) is 0 Å². The number of hydrogen-bond acceptors (Lipinski definition) is 3. The molecule has 0 aliphatic heterocycles. The van der Waals surface area contributed by atoms with Crippen molar-refractivity contribution >= 4 is 17.4 Å². The van der Waals surface area contributed by atoms with E-state index in [9.17, 15) is 4.79 Å². The van der Waals surface area contributed by atoms with E-state index in [0.29, 0.717) is 29.5 Å². The van der Waals surface area contributed by atoms with Crippen molar-refractivity contribution in [1.82, 2.24) is 14.6 Å². The van der Waals surface area contributed by atoms with Gasteiger partial charge in [0.1, 0.15) is 0 Å². The van der Waals surface area contributed by atoms with Gasteiger partial charge in [0.25, 0.3) is 0 Å². The van der Waals surface area contributed by atoms with E-state index in [2.05, 4.69) is 50.0 Å². The first-order valence-electron chi connectivity index (χ1n) is 9.81. The maximum atomic E-state index is 12.8. The number of hydrogen-bond donors (Lipinski definition) is 1. The van der Waals surface area contributed by atoms with Gasteiger partial charge in [0, 0.05) is 24.4 Å². The Bertz CT molecular complexity index is 843. The lowest BCUT2D eigenvalue weighted by Gasteiger charge is -2.60. The summed E-state index contributed by atoms with van der Waals surface area (Å²) in [5.74, 6) is 2.80. The maximum Gasteiger partial charge on any atom is 0.225 e. The van der Waals surface area contributed by atoms with E-state index in [1.54, 1.807) is 10.7 Å². The van der Waals surface area contributed by atoms with Gasteiger partial charge in [-0.2, -0.15) is 0 Å². The van der Waals surface area contributed by atoms with Crippen molar-refractivity contribution in [2.24, 2.45) is 23.2 Å². The molecule has 3 aliphatic rings. The number of rotatable bonds is 3. The van der Waals surface area contributed by atoms with Crippen molar-refractivity contribution in [3.05, 3.63) is 24.0 Å². The van der Waals surface area contributed by atoms with Crippen LogP contribution in [0.1, 0.15) is 65.9 Å². The van der Waals surface area contributed by atoms with Gasteiger partial charge in [-0.3, -0.25) is 4.79 Å². The Morgan fingerprint density at radius 3 is 2.77 bits per heavy atom. The molecule has 2 heterocycles. The topological polar surface area (TPSA) is 59.3 Å². The molecule has 0 unspecified atom stereocenters. The van der Waals surface area contributed by atoms with Crippen LogP contribution in [0.5, 0.6) is 0 Å². The lowest BCUT2D eigenvalue weighted by Crippen LogP contribution is -2.52. The zero-order valence-electron chi connectivity index (χ0n) is 16.5. The maximum absolute atomic E-state index is 12.8. The van der Waals surface area contributed by atoms with Gasteiger partial charge in [-0.1, -0.05) is 34.6 Å². The van der Waals surface area contributed by atoms with Crippen molar-refractivity contribution < 1.29 is 4.79 Å². The Hall–Kier alpha value is -1.91. The summed E-state index contributed by atoms with van der Waals surface area (Å²) in [7, 11) is 0. The SMILES string of the molecule is CC(C)(C)c1c(NC(=O)C[C@@H]2CC[C@H]3C[C@@H]2C3(C)C)nn2cccnc12. The molecule has 5 nitrogen and oxygen atoms in total. The van der Waals surface area contributed by atoms with Crippen LogP contribution in [0.2, 0.25) is 0 Å². The molecule has 0 radical (unpaired) electrons. The summed E-state index contributed by atoms with van der Waals surface area (Å²) in [5, 5.41) is 7.70. The van der Waals surface area contributed by atoms with E-state index in [1.165, 1.54) is 19.3 Å². The zero-order valence-corrected chi connectivity index (χ0v) is 16.5. The number of amides is 1. The van der Waals surface area contributed by atoms with Crippen LogP contribution in [0.15, 0.2) is 18.5 Å². The van der Waals surface area contributed by atoms with Gasteiger partial charge in [0.15, 0.2) is 11.5 Å². The number of aromatic nitrogens is 3. The summed E-state index contributed by atoms with van der Waals surface area (Å²) >= 11 is 0. The third-order valence-corrected chi connectivity index (χ3v) is 6.85. The number of carbonyl (C=O) groups is 1. The summed E-state index contributed by atoms with van der Waals surface area (Å²) in [6.07, 6.45) is 8.01. The standard InChI is InChI=1S/C21H30N4O/c1-20(2,3)17-18(24-25-10-6-9-22-19(17)25)23-16(26)11-13-7-8-14-12-15(13)21(14,4)5/h6,9-10,13-15H,7-8,11-12H2,1-5H3,(H,23,24,26)/t13-,14-,15-/m0/s1. The first kappa shape index (κ1) is 17.5. The van der Waals surface area contributed by atoms with Gasteiger partial charge in [-0.15, -0.1) is 5.10 Å². The highest BCUT2D eigenvalue weighted by Crippen LogP contribution is 2.62. The van der Waals surface area contributed by atoms with Crippen LogP contribution in [0.25, 0.3) is 5.65 Å². The fourth-order valence-corrected chi connectivity index (χ4v) is 5.29. The number of nitrogens with zero attached hydrogens (tertiary/aromatic N) is 3. The third-order valence-electron chi connectivity index (χ3n) is 6.85. The van der Waals surface area contributed by atoms with Gasteiger partial charge in [-0.25, -0.2) is 9.50 Å². The van der Waals surface area contributed by atoms with E-state index in [-0.39, 0.29) is 11.3 Å². The molecular formula is C21H30N4O.